The Labute approximate surface area is 143 Å². The van der Waals surface area contributed by atoms with Crippen molar-refractivity contribution in [2.45, 2.75) is 19.3 Å². The Morgan fingerprint density at radius 3 is 2.65 bits per heavy atom. The van der Waals surface area contributed by atoms with Crippen LogP contribution in [0.25, 0.3) is 10.8 Å². The van der Waals surface area contributed by atoms with E-state index in [1.54, 1.807) is 6.21 Å². The van der Waals surface area contributed by atoms with Crippen molar-refractivity contribution in [1.82, 2.24) is 10.3 Å². The highest BCUT2D eigenvalue weighted by molar-refractivity contribution is 5.99. The fourth-order valence-electron chi connectivity index (χ4n) is 2.89. The predicted octanol–water partition coefficient (Wildman–Crippen LogP) is 3.20. The molecule has 0 radical (unpaired) electrons. The molecule has 4 nitrogen and oxygen atoms in total. The molecular formula is C18H22ClN3O. The molecule has 3 rings (SSSR count). The smallest absolute Gasteiger partial charge is 0.254 e. The highest BCUT2D eigenvalue weighted by atomic mass is 35.5. The van der Waals surface area contributed by atoms with E-state index in [0.29, 0.717) is 6.54 Å². The molecule has 0 spiro atoms. The summed E-state index contributed by atoms with van der Waals surface area (Å²) in [7, 11) is 0. The van der Waals surface area contributed by atoms with Crippen LogP contribution in [0.5, 0.6) is 0 Å². The standard InChI is InChI=1S/C18H21N3O.ClH/c22-18(14-21-11-4-1-5-12-21)20-19-13-16-9-6-8-15-7-2-3-10-17(15)16;/h2-3,6-10,13H,1,4-5,11-12,14H2,(H,20,22);1H/b19-13+;. The Balaban J connectivity index is 0.00000192. The number of likely N-dealkylation sites (tertiary alicyclic amines) is 1. The number of hydrogen-bond acceptors (Lipinski definition) is 3. The van der Waals surface area contributed by atoms with Crippen LogP contribution in [-0.4, -0.2) is 36.7 Å². The number of fused-ring (bicyclic) bond motifs is 1. The first kappa shape index (κ1) is 17.4. The summed E-state index contributed by atoms with van der Waals surface area (Å²) in [6, 6.07) is 14.2. The van der Waals surface area contributed by atoms with Crippen molar-refractivity contribution in [1.29, 1.82) is 0 Å². The first-order valence-electron chi connectivity index (χ1n) is 7.85. The van der Waals surface area contributed by atoms with Crippen molar-refractivity contribution >= 4 is 35.3 Å². The van der Waals surface area contributed by atoms with Gasteiger partial charge in [-0.1, -0.05) is 48.9 Å². The zero-order valence-corrected chi connectivity index (χ0v) is 13.9. The van der Waals surface area contributed by atoms with Crippen LogP contribution in [0.3, 0.4) is 0 Å². The maximum Gasteiger partial charge on any atom is 0.254 e. The number of carbonyl (C=O) groups is 1. The van der Waals surface area contributed by atoms with Crippen molar-refractivity contribution in [2.24, 2.45) is 5.10 Å². The molecule has 1 N–H and O–H groups in total. The summed E-state index contributed by atoms with van der Waals surface area (Å²) in [4.78, 5) is 14.1. The molecule has 2 aromatic carbocycles. The molecule has 1 fully saturated rings. The molecule has 0 aliphatic carbocycles. The van der Waals surface area contributed by atoms with Gasteiger partial charge in [-0.15, -0.1) is 12.4 Å². The zero-order chi connectivity index (χ0) is 15.2. The van der Waals surface area contributed by atoms with Gasteiger partial charge in [-0.2, -0.15) is 5.10 Å². The third kappa shape index (κ3) is 4.78. The van der Waals surface area contributed by atoms with E-state index in [2.05, 4.69) is 33.6 Å². The minimum Gasteiger partial charge on any atom is -0.294 e. The number of hydrogen-bond donors (Lipinski definition) is 1. The van der Waals surface area contributed by atoms with Crippen molar-refractivity contribution in [3.05, 3.63) is 48.0 Å². The number of rotatable bonds is 4. The SMILES string of the molecule is Cl.O=C(CN1CCCCC1)N/N=C/c1cccc2ccccc12. The van der Waals surface area contributed by atoms with Gasteiger partial charge >= 0.3 is 0 Å². The number of benzene rings is 2. The van der Waals surface area contributed by atoms with Crippen molar-refractivity contribution < 1.29 is 4.79 Å². The van der Waals surface area contributed by atoms with E-state index in [4.69, 9.17) is 0 Å². The number of piperidine rings is 1. The van der Waals surface area contributed by atoms with Crippen LogP contribution < -0.4 is 5.43 Å². The molecule has 1 saturated heterocycles. The summed E-state index contributed by atoms with van der Waals surface area (Å²) < 4.78 is 0. The summed E-state index contributed by atoms with van der Waals surface area (Å²) >= 11 is 0. The van der Waals surface area contributed by atoms with Crippen LogP contribution >= 0.6 is 12.4 Å². The lowest BCUT2D eigenvalue weighted by Gasteiger charge is -2.25. The lowest BCUT2D eigenvalue weighted by molar-refractivity contribution is -0.122. The van der Waals surface area contributed by atoms with Gasteiger partial charge < -0.3 is 0 Å². The highest BCUT2D eigenvalue weighted by Crippen LogP contribution is 2.16. The molecular weight excluding hydrogens is 310 g/mol. The average Bonchev–Trinajstić information content (AvgIpc) is 2.56. The van der Waals surface area contributed by atoms with E-state index in [1.807, 2.05) is 24.3 Å². The van der Waals surface area contributed by atoms with Gasteiger partial charge in [0, 0.05) is 5.56 Å². The number of nitrogens with zero attached hydrogens (tertiary/aromatic N) is 2. The molecule has 0 atom stereocenters. The lowest BCUT2D eigenvalue weighted by atomic mass is 10.1. The van der Waals surface area contributed by atoms with Gasteiger partial charge in [0.1, 0.15) is 0 Å². The van der Waals surface area contributed by atoms with E-state index >= 15 is 0 Å². The van der Waals surface area contributed by atoms with Crippen LogP contribution in [-0.2, 0) is 4.79 Å². The number of halogens is 1. The Hall–Kier alpha value is -1.91. The second-order valence-corrected chi connectivity index (χ2v) is 5.70. The zero-order valence-electron chi connectivity index (χ0n) is 13.1. The van der Waals surface area contributed by atoms with Gasteiger partial charge in [-0.05, 0) is 36.7 Å². The molecule has 1 amide bonds. The summed E-state index contributed by atoms with van der Waals surface area (Å²) in [5.74, 6) is -0.0432. The maximum absolute atomic E-state index is 11.9. The van der Waals surface area contributed by atoms with E-state index in [1.165, 1.54) is 24.6 Å². The molecule has 1 aliphatic heterocycles. The number of hydrazone groups is 1. The summed E-state index contributed by atoms with van der Waals surface area (Å²) in [5, 5.41) is 6.42. The topological polar surface area (TPSA) is 44.7 Å². The average molecular weight is 332 g/mol. The summed E-state index contributed by atoms with van der Waals surface area (Å²) in [6.07, 6.45) is 5.37. The fraction of sp³-hybridized carbons (Fsp3) is 0.333. The maximum atomic E-state index is 11.9. The largest absolute Gasteiger partial charge is 0.294 e. The predicted molar refractivity (Wildman–Crippen MR) is 97.2 cm³/mol. The quantitative estimate of drug-likeness (QED) is 0.690. The minimum atomic E-state index is -0.0432. The Bertz CT molecular complexity index is 676. The van der Waals surface area contributed by atoms with Crippen molar-refractivity contribution in [2.75, 3.05) is 19.6 Å². The third-order valence-corrected chi connectivity index (χ3v) is 4.03. The first-order valence-corrected chi connectivity index (χ1v) is 7.85. The molecule has 0 saturated carbocycles. The van der Waals surface area contributed by atoms with E-state index in [-0.39, 0.29) is 18.3 Å². The van der Waals surface area contributed by atoms with Crippen LogP contribution in [0.1, 0.15) is 24.8 Å². The third-order valence-electron chi connectivity index (χ3n) is 4.03. The van der Waals surface area contributed by atoms with Gasteiger partial charge in [0.15, 0.2) is 0 Å². The molecule has 1 heterocycles. The molecule has 0 aromatic heterocycles. The van der Waals surface area contributed by atoms with Gasteiger partial charge in [-0.25, -0.2) is 5.43 Å². The first-order chi connectivity index (χ1) is 10.8. The Morgan fingerprint density at radius 1 is 1.09 bits per heavy atom. The molecule has 122 valence electrons. The minimum absolute atomic E-state index is 0. The van der Waals surface area contributed by atoms with Crippen molar-refractivity contribution in [3.63, 3.8) is 0 Å². The molecule has 5 heteroatoms. The van der Waals surface area contributed by atoms with Crippen LogP contribution in [0, 0.1) is 0 Å². The molecule has 1 aliphatic rings. The van der Waals surface area contributed by atoms with Crippen molar-refractivity contribution in [3.8, 4) is 0 Å². The van der Waals surface area contributed by atoms with Gasteiger partial charge in [-0.3, -0.25) is 9.69 Å². The second kappa shape index (κ2) is 8.65. The van der Waals surface area contributed by atoms with Crippen LogP contribution in [0.4, 0.5) is 0 Å². The lowest BCUT2D eigenvalue weighted by Crippen LogP contribution is -2.38. The van der Waals surface area contributed by atoms with Gasteiger partial charge in [0.05, 0.1) is 12.8 Å². The highest BCUT2D eigenvalue weighted by Gasteiger charge is 2.13. The number of nitrogens with one attached hydrogen (secondary N) is 1. The molecule has 23 heavy (non-hydrogen) atoms. The summed E-state index contributed by atoms with van der Waals surface area (Å²) in [5.41, 5.74) is 3.64. The molecule has 0 unspecified atom stereocenters. The van der Waals surface area contributed by atoms with Crippen LogP contribution in [0.2, 0.25) is 0 Å². The molecule has 2 aromatic rings. The Morgan fingerprint density at radius 2 is 1.83 bits per heavy atom. The van der Waals surface area contributed by atoms with E-state index < -0.39 is 0 Å². The van der Waals surface area contributed by atoms with Gasteiger partial charge in [0.25, 0.3) is 5.91 Å². The normalized spacial score (nSPS) is 15.5. The van der Waals surface area contributed by atoms with Crippen LogP contribution in [0.15, 0.2) is 47.6 Å². The van der Waals surface area contributed by atoms with Gasteiger partial charge in [0.2, 0.25) is 0 Å². The van der Waals surface area contributed by atoms with E-state index in [0.717, 1.165) is 24.0 Å². The number of carbonyl (C=O) groups excluding carboxylic acids is 1. The molecule has 0 bridgehead atoms. The van der Waals surface area contributed by atoms with E-state index in [9.17, 15) is 4.79 Å². The number of amides is 1. The summed E-state index contributed by atoms with van der Waals surface area (Å²) in [6.45, 7) is 2.47. The second-order valence-electron chi connectivity index (χ2n) is 5.70. The fourth-order valence-corrected chi connectivity index (χ4v) is 2.89. The monoisotopic (exact) mass is 331 g/mol. The Kier molecular flexibility index (Phi) is 6.56.